The van der Waals surface area contributed by atoms with E-state index in [2.05, 4.69) is 5.10 Å². The zero-order valence-corrected chi connectivity index (χ0v) is 8.41. The highest BCUT2D eigenvalue weighted by molar-refractivity contribution is 5.31. The van der Waals surface area contributed by atoms with Crippen LogP contribution < -0.4 is 5.73 Å². The van der Waals surface area contributed by atoms with Crippen molar-refractivity contribution in [3.8, 4) is 0 Å². The van der Waals surface area contributed by atoms with Crippen LogP contribution in [0.3, 0.4) is 0 Å². The SMILES string of the molecule is Nc1cc(C(F)(F)F)n(C2CCCC2O)n1. The molecular formula is C9H12F3N3O. The van der Waals surface area contributed by atoms with Gasteiger partial charge in [-0.15, -0.1) is 0 Å². The predicted octanol–water partition coefficient (Wildman–Crippen LogP) is 1.57. The number of rotatable bonds is 1. The number of halogens is 3. The van der Waals surface area contributed by atoms with Gasteiger partial charge in [0.1, 0.15) is 11.5 Å². The topological polar surface area (TPSA) is 64.1 Å². The second kappa shape index (κ2) is 3.65. The molecule has 7 heteroatoms. The molecule has 3 N–H and O–H groups in total. The molecule has 1 aliphatic carbocycles. The Kier molecular flexibility index (Phi) is 2.57. The highest BCUT2D eigenvalue weighted by Gasteiger charge is 2.39. The molecule has 1 aromatic rings. The number of aliphatic hydroxyl groups excluding tert-OH is 1. The minimum atomic E-state index is -4.49. The largest absolute Gasteiger partial charge is 0.433 e. The van der Waals surface area contributed by atoms with E-state index in [0.717, 1.165) is 10.7 Å². The van der Waals surface area contributed by atoms with Gasteiger partial charge in [0.25, 0.3) is 0 Å². The maximum absolute atomic E-state index is 12.6. The number of anilines is 1. The molecule has 0 radical (unpaired) electrons. The van der Waals surface area contributed by atoms with Crippen LogP contribution in [0.5, 0.6) is 0 Å². The molecule has 1 aliphatic rings. The Morgan fingerprint density at radius 2 is 2.12 bits per heavy atom. The summed E-state index contributed by atoms with van der Waals surface area (Å²) in [5.41, 5.74) is 4.38. The van der Waals surface area contributed by atoms with Gasteiger partial charge in [-0.2, -0.15) is 18.3 Å². The summed E-state index contributed by atoms with van der Waals surface area (Å²) in [5, 5.41) is 13.2. The van der Waals surface area contributed by atoms with E-state index < -0.39 is 24.0 Å². The van der Waals surface area contributed by atoms with E-state index in [-0.39, 0.29) is 5.82 Å². The Morgan fingerprint density at radius 1 is 1.44 bits per heavy atom. The Labute approximate surface area is 89.9 Å². The lowest BCUT2D eigenvalue weighted by molar-refractivity contribution is -0.145. The van der Waals surface area contributed by atoms with Crippen LogP contribution >= 0.6 is 0 Å². The lowest BCUT2D eigenvalue weighted by atomic mass is 10.2. The zero-order chi connectivity index (χ0) is 11.9. The Hall–Kier alpha value is -1.24. The van der Waals surface area contributed by atoms with Crippen molar-refractivity contribution in [1.29, 1.82) is 0 Å². The number of hydrogen-bond donors (Lipinski definition) is 2. The number of hydrogen-bond acceptors (Lipinski definition) is 3. The maximum Gasteiger partial charge on any atom is 0.433 e. The summed E-state index contributed by atoms with van der Waals surface area (Å²) < 4.78 is 38.7. The molecule has 1 fully saturated rings. The van der Waals surface area contributed by atoms with Crippen molar-refractivity contribution in [1.82, 2.24) is 9.78 Å². The van der Waals surface area contributed by atoms with Crippen LogP contribution in [-0.4, -0.2) is 21.0 Å². The third-order valence-electron chi connectivity index (χ3n) is 2.80. The molecule has 0 aliphatic heterocycles. The van der Waals surface area contributed by atoms with Crippen LogP contribution in [0.2, 0.25) is 0 Å². The number of nitrogens with zero attached hydrogens (tertiary/aromatic N) is 2. The maximum atomic E-state index is 12.6. The molecule has 1 heterocycles. The number of aliphatic hydroxyl groups is 1. The van der Waals surface area contributed by atoms with Gasteiger partial charge >= 0.3 is 6.18 Å². The number of alkyl halides is 3. The van der Waals surface area contributed by atoms with Gasteiger partial charge < -0.3 is 10.8 Å². The number of aromatic nitrogens is 2. The van der Waals surface area contributed by atoms with Crippen LogP contribution in [-0.2, 0) is 6.18 Å². The van der Waals surface area contributed by atoms with Crippen molar-refractivity contribution in [3.63, 3.8) is 0 Å². The fourth-order valence-electron chi connectivity index (χ4n) is 2.08. The lowest BCUT2D eigenvalue weighted by Crippen LogP contribution is -2.24. The van der Waals surface area contributed by atoms with Crippen LogP contribution in [0, 0.1) is 0 Å². The van der Waals surface area contributed by atoms with E-state index >= 15 is 0 Å². The highest BCUT2D eigenvalue weighted by atomic mass is 19.4. The predicted molar refractivity (Wildman–Crippen MR) is 50.5 cm³/mol. The standard InChI is InChI=1S/C9H12F3N3O/c10-9(11,12)7-4-8(13)14-15(7)5-2-1-3-6(5)16/h4-6,16H,1-3H2,(H2,13,14). The smallest absolute Gasteiger partial charge is 0.391 e. The molecule has 0 amide bonds. The summed E-state index contributed by atoms with van der Waals surface area (Å²) in [7, 11) is 0. The quantitative estimate of drug-likeness (QED) is 0.776. The van der Waals surface area contributed by atoms with E-state index in [1.54, 1.807) is 0 Å². The van der Waals surface area contributed by atoms with Crippen molar-refractivity contribution >= 4 is 5.82 Å². The molecule has 1 saturated carbocycles. The van der Waals surface area contributed by atoms with Crippen LogP contribution in [0.4, 0.5) is 19.0 Å². The number of nitrogen functional groups attached to an aromatic ring is 1. The first-order chi connectivity index (χ1) is 7.39. The van der Waals surface area contributed by atoms with Gasteiger partial charge in [-0.25, -0.2) is 0 Å². The van der Waals surface area contributed by atoms with Gasteiger partial charge in [0.2, 0.25) is 0 Å². The van der Waals surface area contributed by atoms with Crippen molar-refractivity contribution in [2.75, 3.05) is 5.73 Å². The Morgan fingerprint density at radius 3 is 2.62 bits per heavy atom. The first-order valence-corrected chi connectivity index (χ1v) is 5.00. The third kappa shape index (κ3) is 1.87. The second-order valence-corrected chi connectivity index (χ2v) is 3.96. The molecule has 2 atom stereocenters. The first kappa shape index (κ1) is 11.3. The molecule has 0 bridgehead atoms. The van der Waals surface area contributed by atoms with Crippen LogP contribution in [0.25, 0.3) is 0 Å². The summed E-state index contributed by atoms with van der Waals surface area (Å²) >= 11 is 0. The number of nitrogens with two attached hydrogens (primary N) is 1. The fraction of sp³-hybridized carbons (Fsp3) is 0.667. The van der Waals surface area contributed by atoms with Gasteiger partial charge in [0.05, 0.1) is 12.1 Å². The van der Waals surface area contributed by atoms with E-state index in [0.29, 0.717) is 19.3 Å². The van der Waals surface area contributed by atoms with E-state index in [1.165, 1.54) is 0 Å². The molecule has 2 rings (SSSR count). The summed E-state index contributed by atoms with van der Waals surface area (Å²) in [5.74, 6) is -0.175. The normalized spacial score (nSPS) is 26.2. The minimum absolute atomic E-state index is 0.175. The van der Waals surface area contributed by atoms with Gasteiger partial charge in [-0.3, -0.25) is 4.68 Å². The van der Waals surface area contributed by atoms with Gasteiger partial charge in [-0.1, -0.05) is 0 Å². The summed E-state index contributed by atoms with van der Waals surface area (Å²) in [6.07, 6.45) is -3.58. The van der Waals surface area contributed by atoms with Crippen LogP contribution in [0.15, 0.2) is 6.07 Å². The molecule has 2 unspecified atom stereocenters. The molecule has 0 saturated heterocycles. The second-order valence-electron chi connectivity index (χ2n) is 3.96. The lowest BCUT2D eigenvalue weighted by Gasteiger charge is -2.18. The van der Waals surface area contributed by atoms with Gasteiger partial charge in [0.15, 0.2) is 0 Å². The van der Waals surface area contributed by atoms with E-state index in [1.807, 2.05) is 0 Å². The summed E-state index contributed by atoms with van der Waals surface area (Å²) in [6, 6.07) is 0.180. The summed E-state index contributed by atoms with van der Waals surface area (Å²) in [6.45, 7) is 0. The third-order valence-corrected chi connectivity index (χ3v) is 2.80. The zero-order valence-electron chi connectivity index (χ0n) is 8.41. The minimum Gasteiger partial charge on any atom is -0.391 e. The summed E-state index contributed by atoms with van der Waals surface area (Å²) in [4.78, 5) is 0. The van der Waals surface area contributed by atoms with Crippen LogP contribution in [0.1, 0.15) is 31.0 Å². The molecule has 0 aromatic carbocycles. The average Bonchev–Trinajstić information content (AvgIpc) is 2.70. The van der Waals surface area contributed by atoms with Gasteiger partial charge in [0, 0.05) is 6.07 Å². The van der Waals surface area contributed by atoms with Crippen molar-refractivity contribution in [3.05, 3.63) is 11.8 Å². The molecule has 90 valence electrons. The molecule has 1 aromatic heterocycles. The molecule has 0 spiro atoms. The Balaban J connectivity index is 2.40. The molecule has 4 nitrogen and oxygen atoms in total. The first-order valence-electron chi connectivity index (χ1n) is 5.00. The van der Waals surface area contributed by atoms with Crippen molar-refractivity contribution < 1.29 is 18.3 Å². The van der Waals surface area contributed by atoms with Crippen molar-refractivity contribution in [2.24, 2.45) is 0 Å². The van der Waals surface area contributed by atoms with E-state index in [9.17, 15) is 18.3 Å². The Bertz CT molecular complexity index is 388. The van der Waals surface area contributed by atoms with Crippen molar-refractivity contribution in [2.45, 2.75) is 37.6 Å². The molecular weight excluding hydrogens is 223 g/mol. The monoisotopic (exact) mass is 235 g/mol. The van der Waals surface area contributed by atoms with E-state index in [4.69, 9.17) is 5.73 Å². The molecule has 16 heavy (non-hydrogen) atoms. The average molecular weight is 235 g/mol. The highest BCUT2D eigenvalue weighted by Crippen LogP contribution is 2.37. The van der Waals surface area contributed by atoms with Gasteiger partial charge in [-0.05, 0) is 19.3 Å². The fourth-order valence-corrected chi connectivity index (χ4v) is 2.08.